The van der Waals surface area contributed by atoms with Gasteiger partial charge in [-0.15, -0.1) is 0 Å². The van der Waals surface area contributed by atoms with Crippen LogP contribution in [0.3, 0.4) is 0 Å². The molecule has 0 aliphatic carbocycles. The van der Waals surface area contributed by atoms with Crippen LogP contribution in [0.15, 0.2) is 0 Å². The molecule has 188 valence electrons. The topological polar surface area (TPSA) is 109 Å². The molecule has 0 saturated heterocycles. The number of nitrogens with two attached hydrogens (primary N) is 1. The zero-order valence-corrected chi connectivity index (χ0v) is 24.0. The van der Waals surface area contributed by atoms with Gasteiger partial charge in [0.05, 0.1) is 79.3 Å². The molecule has 0 radical (unpaired) electrons. The first-order valence-corrected chi connectivity index (χ1v) is 14.7. The Hall–Kier alpha value is 0.251. The van der Waals surface area contributed by atoms with Gasteiger partial charge < -0.3 is 47.4 Å². The van der Waals surface area contributed by atoms with Gasteiger partial charge in [-0.3, -0.25) is 0 Å². The van der Waals surface area contributed by atoms with Crippen molar-refractivity contribution < 1.29 is 41.7 Å². The van der Waals surface area contributed by atoms with E-state index in [1.54, 1.807) is 21.3 Å². The molecule has 0 rings (SSSR count). The monoisotopic (exact) mass is 503 g/mol. The summed E-state index contributed by atoms with van der Waals surface area (Å²) in [5.74, 6) is 0. The average Bonchev–Trinajstić information content (AvgIpc) is 2.77. The van der Waals surface area contributed by atoms with Crippen LogP contribution in [0.4, 0.5) is 0 Å². The summed E-state index contributed by atoms with van der Waals surface area (Å²) in [4.78, 5) is 0. The first-order valence-electron chi connectivity index (χ1n) is 10.9. The summed E-state index contributed by atoms with van der Waals surface area (Å²) in [6, 6.07) is 0. The molecule has 0 aromatic carbocycles. The molecule has 0 heterocycles. The van der Waals surface area contributed by atoms with Crippen molar-refractivity contribution in [2.75, 3.05) is 107 Å². The molecule has 0 fully saturated rings. The quantitative estimate of drug-likeness (QED) is 0.102. The number of ether oxygens (including phenoxy) is 6. The van der Waals surface area contributed by atoms with E-state index in [1.807, 2.05) is 0 Å². The van der Waals surface area contributed by atoms with Crippen molar-refractivity contribution in [1.82, 2.24) is 0 Å². The predicted molar refractivity (Wildman–Crippen MR) is 128 cm³/mol. The normalized spacial score (nSPS) is 14.7. The molecule has 0 unspecified atom stereocenters. The maximum atomic E-state index is 6.08. The van der Waals surface area contributed by atoms with Crippen LogP contribution in [0.2, 0.25) is 4.28 Å². The Bertz CT molecular complexity index is 318. The summed E-state index contributed by atoms with van der Waals surface area (Å²) in [5, 5.41) is 0. The molecule has 2 N–H and O–H groups in total. The van der Waals surface area contributed by atoms with Crippen LogP contribution >= 0.6 is 0 Å². The third kappa shape index (κ3) is 20.6. The van der Waals surface area contributed by atoms with E-state index in [0.29, 0.717) is 85.8 Å². The Balaban J connectivity index is 4.39. The van der Waals surface area contributed by atoms with Gasteiger partial charge in [-0.25, -0.2) is 0 Å². The maximum Gasteiger partial charge on any atom is 0.166 e. The Morgan fingerprint density at radius 3 is 1.13 bits per heavy atom. The van der Waals surface area contributed by atoms with Crippen LogP contribution in [-0.4, -0.2) is 136 Å². The van der Waals surface area contributed by atoms with Gasteiger partial charge in [-0.05, 0) is 13.0 Å². The summed E-state index contributed by atoms with van der Waals surface area (Å²) in [5.41, 5.74) is 5.95. The molecule has 0 amide bonds. The van der Waals surface area contributed by atoms with Crippen LogP contribution in [0.5, 0.6) is 0 Å². The van der Waals surface area contributed by atoms with Gasteiger partial charge >= 0.3 is 0 Å². The zero-order chi connectivity index (χ0) is 22.9. The van der Waals surface area contributed by atoms with Crippen molar-refractivity contribution in [3.8, 4) is 0 Å². The van der Waals surface area contributed by atoms with Crippen LogP contribution in [0.25, 0.3) is 0 Å². The molecule has 0 aliphatic rings. The second-order valence-electron chi connectivity index (χ2n) is 7.01. The number of methoxy groups -OCH3 is 3. The largest absolute Gasteiger partial charge is 0.422 e. The van der Waals surface area contributed by atoms with E-state index in [4.69, 9.17) is 47.4 Å². The van der Waals surface area contributed by atoms with E-state index < -0.39 is 29.3 Å². The molecule has 0 atom stereocenters. The van der Waals surface area contributed by atoms with E-state index in [2.05, 4.69) is 0 Å². The SMILES string of the molecule is COCCOCCO[SiH2]C(CCN)([SiH2]OCCOCCOC)[SiH2]OCCOCCOC. The highest BCUT2D eigenvalue weighted by Crippen LogP contribution is 2.27. The summed E-state index contributed by atoms with van der Waals surface area (Å²) >= 11 is 0. The van der Waals surface area contributed by atoms with Crippen molar-refractivity contribution in [3.63, 3.8) is 0 Å². The standard InChI is InChI=1S/C18H45NO9Si3/c1-20-6-9-23-12-15-26-29-18(4-5-19,30-27-16-13-24-10-7-21-2)31-28-17-14-25-11-8-22-3/h4-17,19,29-31H2,1-3H3. The van der Waals surface area contributed by atoms with Gasteiger partial charge in [0.25, 0.3) is 0 Å². The lowest BCUT2D eigenvalue weighted by atomic mass is 10.5. The molecule has 10 nitrogen and oxygen atoms in total. The van der Waals surface area contributed by atoms with Crippen molar-refractivity contribution in [1.29, 1.82) is 0 Å². The van der Waals surface area contributed by atoms with Gasteiger partial charge in [0.1, 0.15) is 0 Å². The van der Waals surface area contributed by atoms with Crippen LogP contribution in [0.1, 0.15) is 6.42 Å². The van der Waals surface area contributed by atoms with Crippen LogP contribution < -0.4 is 5.73 Å². The van der Waals surface area contributed by atoms with Gasteiger partial charge in [-0.1, -0.05) is 0 Å². The molecule has 0 aromatic rings. The Morgan fingerprint density at radius 2 is 0.839 bits per heavy atom. The summed E-state index contributed by atoms with van der Waals surface area (Å²) in [6.07, 6.45) is 0.900. The van der Waals surface area contributed by atoms with E-state index in [1.165, 1.54) is 0 Å². The summed E-state index contributed by atoms with van der Waals surface area (Å²) < 4.78 is 49.7. The Labute approximate surface area is 194 Å². The molecule has 0 spiro atoms. The average molecular weight is 504 g/mol. The first-order chi connectivity index (χ1) is 15.2. The fourth-order valence-corrected chi connectivity index (χ4v) is 9.33. The van der Waals surface area contributed by atoms with E-state index in [0.717, 1.165) is 6.42 Å². The smallest absolute Gasteiger partial charge is 0.166 e. The molecule has 13 heteroatoms. The van der Waals surface area contributed by atoms with Gasteiger partial charge in [0.15, 0.2) is 29.3 Å². The van der Waals surface area contributed by atoms with E-state index in [-0.39, 0.29) is 4.28 Å². The van der Waals surface area contributed by atoms with Gasteiger partial charge in [0, 0.05) is 25.6 Å². The molecule has 0 aliphatic heterocycles. The van der Waals surface area contributed by atoms with Crippen molar-refractivity contribution in [2.45, 2.75) is 10.7 Å². The van der Waals surface area contributed by atoms with Gasteiger partial charge in [0.2, 0.25) is 0 Å². The highest BCUT2D eigenvalue weighted by molar-refractivity contribution is 6.74. The molecule has 0 aromatic heterocycles. The van der Waals surface area contributed by atoms with Crippen molar-refractivity contribution in [2.24, 2.45) is 5.73 Å². The minimum atomic E-state index is -0.867. The lowest BCUT2D eigenvalue weighted by molar-refractivity contribution is 0.0523. The lowest BCUT2D eigenvalue weighted by Crippen LogP contribution is -2.40. The fraction of sp³-hybridized carbons (Fsp3) is 1.00. The molecular formula is C18H45NO9Si3. The van der Waals surface area contributed by atoms with E-state index >= 15 is 0 Å². The van der Waals surface area contributed by atoms with Crippen LogP contribution in [0, 0.1) is 0 Å². The third-order valence-electron chi connectivity index (χ3n) is 4.31. The predicted octanol–water partition coefficient (Wildman–Crippen LogP) is -2.30. The first kappa shape index (κ1) is 31.3. The zero-order valence-electron chi connectivity index (χ0n) is 19.8. The van der Waals surface area contributed by atoms with Crippen LogP contribution in [-0.2, 0) is 41.7 Å². The number of hydrogen-bond acceptors (Lipinski definition) is 10. The Morgan fingerprint density at radius 1 is 0.516 bits per heavy atom. The van der Waals surface area contributed by atoms with Crippen molar-refractivity contribution >= 4 is 29.3 Å². The van der Waals surface area contributed by atoms with Gasteiger partial charge in [-0.2, -0.15) is 0 Å². The second-order valence-corrected chi connectivity index (χ2v) is 16.6. The minimum Gasteiger partial charge on any atom is -0.422 e. The van der Waals surface area contributed by atoms with Crippen molar-refractivity contribution in [3.05, 3.63) is 0 Å². The summed E-state index contributed by atoms with van der Waals surface area (Å²) in [6.45, 7) is 7.61. The number of hydrogen-bond donors (Lipinski definition) is 1. The highest BCUT2D eigenvalue weighted by atomic mass is 28.4. The molecule has 0 saturated carbocycles. The fourth-order valence-electron chi connectivity index (χ4n) is 2.60. The highest BCUT2D eigenvalue weighted by Gasteiger charge is 2.33. The molecule has 0 bridgehead atoms. The number of rotatable bonds is 26. The summed E-state index contributed by atoms with van der Waals surface area (Å²) in [7, 11) is 2.38. The third-order valence-corrected chi connectivity index (χ3v) is 12.4. The molecule has 31 heavy (non-hydrogen) atoms. The lowest BCUT2D eigenvalue weighted by Gasteiger charge is -2.31. The maximum absolute atomic E-state index is 6.08. The van der Waals surface area contributed by atoms with E-state index in [9.17, 15) is 0 Å². The molecular weight excluding hydrogens is 458 g/mol. The second kappa shape index (κ2) is 24.9. The minimum absolute atomic E-state index is 0.0698. The Kier molecular flexibility index (Phi) is 25.1.